The molecular weight excluding hydrogens is 400 g/mol. The highest BCUT2D eigenvalue weighted by Crippen LogP contribution is 2.47. The van der Waals surface area contributed by atoms with Crippen molar-refractivity contribution in [3.63, 3.8) is 0 Å². The lowest BCUT2D eigenvalue weighted by Gasteiger charge is -2.18. The van der Waals surface area contributed by atoms with Crippen molar-refractivity contribution in [1.29, 1.82) is 0 Å². The highest BCUT2D eigenvalue weighted by molar-refractivity contribution is 8.26. The highest BCUT2D eigenvalue weighted by Gasteiger charge is 2.33. The van der Waals surface area contributed by atoms with Crippen molar-refractivity contribution in [2.24, 2.45) is 0 Å². The first-order chi connectivity index (χ1) is 13.0. The van der Waals surface area contributed by atoms with E-state index in [1.54, 1.807) is 16.7 Å². The highest BCUT2D eigenvalue weighted by atomic mass is 32.2. The fraction of sp³-hybridized carbons (Fsp3) is 0.316. The standard InChI is InChI=1S/C19H20N2O3S3/c1-3-20-13-7-5-6-8-14(13)26-15(20)11-12(9-10-16(22)23)17-18(24)21(4-2)19(25)27-17/h5-8,11H,3-4,9-10H2,1-2H3,(H,22,23). The number of thioether (sulfide) groups is 2. The van der Waals surface area contributed by atoms with Crippen LogP contribution in [-0.2, 0) is 9.59 Å². The van der Waals surface area contributed by atoms with E-state index in [1.165, 1.54) is 11.8 Å². The lowest BCUT2D eigenvalue weighted by atomic mass is 10.1. The van der Waals surface area contributed by atoms with Crippen LogP contribution < -0.4 is 4.90 Å². The molecule has 0 bridgehead atoms. The van der Waals surface area contributed by atoms with Crippen LogP contribution in [0.4, 0.5) is 5.69 Å². The summed E-state index contributed by atoms with van der Waals surface area (Å²) in [6.45, 7) is 5.26. The SMILES string of the molecule is CCN1C(=O)C(=C(C=C2Sc3ccccc3N2CC)CCC(=O)O)SC1=S. The number of para-hydroxylation sites is 1. The third-order valence-corrected chi connectivity index (χ3v) is 6.93. The number of benzene rings is 1. The van der Waals surface area contributed by atoms with Gasteiger partial charge in [0.1, 0.15) is 4.32 Å². The number of allylic oxidation sites excluding steroid dienone is 2. The van der Waals surface area contributed by atoms with E-state index in [1.807, 2.05) is 25.1 Å². The molecule has 5 nitrogen and oxygen atoms in total. The molecule has 8 heteroatoms. The first-order valence-corrected chi connectivity index (χ1v) is 10.7. The second-order valence-corrected chi connectivity index (χ2v) is 8.67. The topological polar surface area (TPSA) is 60.9 Å². The molecule has 1 fully saturated rings. The van der Waals surface area contributed by atoms with Crippen molar-refractivity contribution < 1.29 is 14.7 Å². The first kappa shape index (κ1) is 20.0. The number of nitrogens with zero attached hydrogens (tertiary/aromatic N) is 2. The van der Waals surface area contributed by atoms with Crippen molar-refractivity contribution in [3.05, 3.63) is 45.8 Å². The molecule has 2 heterocycles. The van der Waals surface area contributed by atoms with Gasteiger partial charge in [0, 0.05) is 24.4 Å². The van der Waals surface area contributed by atoms with Crippen molar-refractivity contribution >= 4 is 57.6 Å². The molecule has 1 saturated heterocycles. The van der Waals surface area contributed by atoms with Gasteiger partial charge in [0.2, 0.25) is 0 Å². The summed E-state index contributed by atoms with van der Waals surface area (Å²) in [4.78, 5) is 29.3. The van der Waals surface area contributed by atoms with Crippen LogP contribution in [0.25, 0.3) is 0 Å². The van der Waals surface area contributed by atoms with Crippen LogP contribution in [0.1, 0.15) is 26.7 Å². The summed E-state index contributed by atoms with van der Waals surface area (Å²) < 4.78 is 0.526. The van der Waals surface area contributed by atoms with E-state index in [0.29, 0.717) is 22.2 Å². The Labute approximate surface area is 172 Å². The minimum Gasteiger partial charge on any atom is -0.481 e. The molecule has 1 N–H and O–H groups in total. The van der Waals surface area contributed by atoms with Crippen LogP contribution >= 0.6 is 35.7 Å². The molecule has 0 radical (unpaired) electrons. The van der Waals surface area contributed by atoms with Gasteiger partial charge in [-0.1, -0.05) is 47.9 Å². The molecule has 0 unspecified atom stereocenters. The van der Waals surface area contributed by atoms with Crippen molar-refractivity contribution in [2.45, 2.75) is 31.6 Å². The monoisotopic (exact) mass is 420 g/mol. The third-order valence-electron chi connectivity index (χ3n) is 4.32. The van der Waals surface area contributed by atoms with Crippen LogP contribution in [-0.4, -0.2) is 39.3 Å². The summed E-state index contributed by atoms with van der Waals surface area (Å²) in [5, 5.41) is 10.1. The molecule has 2 aliphatic heterocycles. The smallest absolute Gasteiger partial charge is 0.303 e. The number of hydrogen-bond donors (Lipinski definition) is 1. The van der Waals surface area contributed by atoms with Gasteiger partial charge in [-0.05, 0) is 44.1 Å². The lowest BCUT2D eigenvalue weighted by Crippen LogP contribution is -2.27. The van der Waals surface area contributed by atoms with Crippen LogP contribution in [0, 0.1) is 0 Å². The first-order valence-electron chi connectivity index (χ1n) is 8.71. The molecule has 0 aliphatic carbocycles. The summed E-state index contributed by atoms with van der Waals surface area (Å²) in [5.41, 5.74) is 1.87. The predicted molar refractivity (Wildman–Crippen MR) is 115 cm³/mol. The number of likely N-dealkylation sites (N-methyl/N-ethyl adjacent to an activating group) is 1. The minimum absolute atomic E-state index is 0.0287. The Hall–Kier alpha value is -1.77. The molecule has 0 spiro atoms. The van der Waals surface area contributed by atoms with Gasteiger partial charge in [-0.2, -0.15) is 0 Å². The largest absolute Gasteiger partial charge is 0.481 e. The number of hydrogen-bond acceptors (Lipinski definition) is 6. The van der Waals surface area contributed by atoms with E-state index >= 15 is 0 Å². The average Bonchev–Trinajstić information content (AvgIpc) is 3.14. The van der Waals surface area contributed by atoms with Crippen molar-refractivity contribution in [1.82, 2.24) is 4.90 Å². The number of aliphatic carboxylic acids is 1. The molecule has 142 valence electrons. The molecule has 1 aromatic carbocycles. The summed E-state index contributed by atoms with van der Waals surface area (Å²) in [6.07, 6.45) is 2.22. The zero-order chi connectivity index (χ0) is 19.6. The predicted octanol–water partition coefficient (Wildman–Crippen LogP) is 4.46. The summed E-state index contributed by atoms with van der Waals surface area (Å²) in [6, 6.07) is 8.14. The number of thiocarbonyl (C=S) groups is 1. The molecule has 1 amide bonds. The maximum absolute atomic E-state index is 12.7. The lowest BCUT2D eigenvalue weighted by molar-refractivity contribution is -0.137. The van der Waals surface area contributed by atoms with Gasteiger partial charge in [0.25, 0.3) is 5.91 Å². The maximum atomic E-state index is 12.7. The summed E-state index contributed by atoms with van der Waals surface area (Å²) in [7, 11) is 0. The molecule has 0 aromatic heterocycles. The fourth-order valence-corrected chi connectivity index (χ4v) is 5.64. The van der Waals surface area contributed by atoms with Gasteiger partial charge in [-0.3, -0.25) is 14.5 Å². The van der Waals surface area contributed by atoms with Gasteiger partial charge in [-0.25, -0.2) is 0 Å². The third kappa shape index (κ3) is 4.07. The van der Waals surface area contributed by atoms with E-state index in [9.17, 15) is 9.59 Å². The van der Waals surface area contributed by atoms with Crippen LogP contribution in [0.5, 0.6) is 0 Å². The number of fused-ring (bicyclic) bond motifs is 1. The Balaban J connectivity index is 2.01. The molecule has 27 heavy (non-hydrogen) atoms. The second-order valence-electron chi connectivity index (χ2n) is 5.96. The number of anilines is 1. The van der Waals surface area contributed by atoms with Gasteiger partial charge >= 0.3 is 5.97 Å². The number of carbonyl (C=O) groups is 2. The van der Waals surface area contributed by atoms with Crippen LogP contribution in [0.15, 0.2) is 50.7 Å². The Morgan fingerprint density at radius 1 is 1.15 bits per heavy atom. The zero-order valence-corrected chi connectivity index (χ0v) is 17.5. The zero-order valence-electron chi connectivity index (χ0n) is 15.1. The fourth-order valence-electron chi connectivity index (χ4n) is 3.00. The van der Waals surface area contributed by atoms with Crippen LogP contribution in [0.2, 0.25) is 0 Å². The number of rotatable bonds is 6. The Morgan fingerprint density at radius 2 is 1.85 bits per heavy atom. The Kier molecular flexibility index (Phi) is 6.29. The Morgan fingerprint density at radius 3 is 2.48 bits per heavy atom. The molecule has 0 atom stereocenters. The molecule has 1 aromatic rings. The minimum atomic E-state index is -0.883. The van der Waals surface area contributed by atoms with E-state index in [-0.39, 0.29) is 12.3 Å². The van der Waals surface area contributed by atoms with Crippen molar-refractivity contribution in [2.75, 3.05) is 18.0 Å². The molecule has 0 saturated carbocycles. The average molecular weight is 421 g/mol. The van der Waals surface area contributed by atoms with E-state index in [0.717, 1.165) is 27.7 Å². The number of carboxylic acids is 1. The van der Waals surface area contributed by atoms with E-state index in [4.69, 9.17) is 17.3 Å². The molecular formula is C19H20N2O3S3. The van der Waals surface area contributed by atoms with Gasteiger partial charge in [0.05, 0.1) is 15.6 Å². The van der Waals surface area contributed by atoms with E-state index in [2.05, 4.69) is 24.0 Å². The van der Waals surface area contributed by atoms with Gasteiger partial charge in [0.15, 0.2) is 0 Å². The number of carboxylic acid groups (broad SMARTS) is 1. The van der Waals surface area contributed by atoms with Crippen LogP contribution in [0.3, 0.4) is 0 Å². The number of carbonyl (C=O) groups excluding carboxylic acids is 1. The van der Waals surface area contributed by atoms with Gasteiger partial charge < -0.3 is 10.0 Å². The molecule has 3 rings (SSSR count). The van der Waals surface area contributed by atoms with E-state index < -0.39 is 5.97 Å². The maximum Gasteiger partial charge on any atom is 0.303 e. The molecule has 2 aliphatic rings. The number of amides is 1. The summed E-state index contributed by atoms with van der Waals surface area (Å²) in [5.74, 6) is -1.01. The van der Waals surface area contributed by atoms with Gasteiger partial charge in [-0.15, -0.1) is 0 Å². The quantitative estimate of drug-likeness (QED) is 0.538. The van der Waals surface area contributed by atoms with Crippen molar-refractivity contribution in [3.8, 4) is 0 Å². The Bertz CT molecular complexity index is 864. The second kappa shape index (κ2) is 8.50. The summed E-state index contributed by atoms with van der Waals surface area (Å²) >= 11 is 8.22. The normalized spacial score (nSPS) is 19.9.